The molecule has 0 unspecified atom stereocenters. The van der Waals surface area contributed by atoms with Gasteiger partial charge in [0.2, 0.25) is 0 Å². The van der Waals surface area contributed by atoms with Gasteiger partial charge in [0, 0.05) is 23.5 Å². The largest absolute Gasteiger partial charge is 0.354 e. The fourth-order valence-corrected chi connectivity index (χ4v) is 2.12. The van der Waals surface area contributed by atoms with E-state index in [-0.39, 0.29) is 11.9 Å². The van der Waals surface area contributed by atoms with E-state index in [0.717, 1.165) is 10.9 Å². The Morgan fingerprint density at radius 2 is 2.00 bits per heavy atom. The molecule has 0 radical (unpaired) electrons. The number of rotatable bonds is 5. The molecule has 0 spiro atoms. The predicted molar refractivity (Wildman–Crippen MR) is 72.6 cm³/mol. The predicted octanol–water partition coefficient (Wildman–Crippen LogP) is 1.60. The van der Waals surface area contributed by atoms with E-state index in [9.17, 15) is 4.79 Å². The van der Waals surface area contributed by atoms with E-state index in [4.69, 9.17) is 0 Å². The number of hydrogen-bond donors (Lipinski definition) is 2. The molecule has 0 aliphatic heterocycles. The van der Waals surface area contributed by atoms with Gasteiger partial charge in [-0.2, -0.15) is 0 Å². The lowest BCUT2D eigenvalue weighted by Crippen LogP contribution is -2.92. The van der Waals surface area contributed by atoms with Crippen LogP contribution < -0.4 is 10.6 Å². The Morgan fingerprint density at radius 1 is 1.41 bits per heavy atom. The molecule has 0 heterocycles. The molecule has 3 N–H and O–H groups in total. The third-order valence-corrected chi connectivity index (χ3v) is 3.45. The number of carbonyl (C=O) groups is 1. The summed E-state index contributed by atoms with van der Waals surface area (Å²) >= 11 is 3.43. The number of nitrogens with one attached hydrogen (secondary N) is 1. The van der Waals surface area contributed by atoms with Crippen molar-refractivity contribution < 1.29 is 10.1 Å². The van der Waals surface area contributed by atoms with Gasteiger partial charge in [-0.1, -0.05) is 35.0 Å². The molecule has 17 heavy (non-hydrogen) atoms. The maximum atomic E-state index is 11.5. The van der Waals surface area contributed by atoms with Gasteiger partial charge >= 0.3 is 0 Å². The SMILES string of the molecule is CC[C@@H]([NH2+][C@@H](C)C(=O)NC)c1ccc(Br)cc1. The number of halogens is 1. The Labute approximate surface area is 111 Å². The van der Waals surface area contributed by atoms with E-state index in [1.807, 2.05) is 19.1 Å². The fourth-order valence-electron chi connectivity index (χ4n) is 1.86. The van der Waals surface area contributed by atoms with Gasteiger partial charge in [-0.15, -0.1) is 0 Å². The lowest BCUT2D eigenvalue weighted by Gasteiger charge is -2.18. The Hall–Kier alpha value is -0.870. The Kier molecular flexibility index (Phi) is 5.65. The van der Waals surface area contributed by atoms with Crippen LogP contribution in [-0.4, -0.2) is 19.0 Å². The first-order valence-electron chi connectivity index (χ1n) is 5.90. The summed E-state index contributed by atoms with van der Waals surface area (Å²) in [5.74, 6) is 0.0700. The van der Waals surface area contributed by atoms with Gasteiger partial charge in [0.25, 0.3) is 5.91 Å². The van der Waals surface area contributed by atoms with Crippen molar-refractivity contribution in [1.82, 2.24) is 5.32 Å². The van der Waals surface area contributed by atoms with E-state index < -0.39 is 0 Å². The number of benzene rings is 1. The van der Waals surface area contributed by atoms with Gasteiger partial charge in [-0.3, -0.25) is 4.79 Å². The van der Waals surface area contributed by atoms with Gasteiger partial charge in [0.15, 0.2) is 6.04 Å². The van der Waals surface area contributed by atoms with E-state index in [1.165, 1.54) is 5.56 Å². The Morgan fingerprint density at radius 3 is 2.47 bits per heavy atom. The van der Waals surface area contributed by atoms with Gasteiger partial charge in [0.05, 0.1) is 0 Å². The number of amides is 1. The van der Waals surface area contributed by atoms with E-state index >= 15 is 0 Å². The number of carbonyl (C=O) groups excluding carboxylic acids is 1. The molecule has 0 bridgehead atoms. The third kappa shape index (κ3) is 4.13. The van der Waals surface area contributed by atoms with Crippen molar-refractivity contribution in [1.29, 1.82) is 0 Å². The van der Waals surface area contributed by atoms with E-state index in [2.05, 4.69) is 45.6 Å². The summed E-state index contributed by atoms with van der Waals surface area (Å²) in [6, 6.07) is 8.55. The first-order chi connectivity index (χ1) is 8.08. The molecule has 3 nitrogen and oxygen atoms in total. The van der Waals surface area contributed by atoms with Gasteiger partial charge in [-0.05, 0) is 19.1 Å². The number of nitrogens with two attached hydrogens (primary N) is 1. The first kappa shape index (κ1) is 14.2. The summed E-state index contributed by atoms with van der Waals surface area (Å²) in [7, 11) is 1.67. The number of quaternary nitrogens is 1. The lowest BCUT2D eigenvalue weighted by molar-refractivity contribution is -0.713. The van der Waals surface area contributed by atoms with Crippen LogP contribution >= 0.6 is 15.9 Å². The summed E-state index contributed by atoms with van der Waals surface area (Å²) in [5, 5.41) is 4.79. The van der Waals surface area contributed by atoms with Crippen molar-refractivity contribution in [3.63, 3.8) is 0 Å². The van der Waals surface area contributed by atoms with Crippen molar-refractivity contribution in [2.45, 2.75) is 32.4 Å². The first-order valence-corrected chi connectivity index (χ1v) is 6.69. The average Bonchev–Trinajstić information content (AvgIpc) is 2.35. The third-order valence-electron chi connectivity index (χ3n) is 2.92. The summed E-state index contributed by atoms with van der Waals surface area (Å²) < 4.78 is 1.08. The summed E-state index contributed by atoms with van der Waals surface area (Å²) in [4.78, 5) is 11.5. The molecule has 0 aliphatic carbocycles. The molecule has 0 saturated carbocycles. The van der Waals surface area contributed by atoms with Gasteiger partial charge in [0.1, 0.15) is 6.04 Å². The highest BCUT2D eigenvalue weighted by Gasteiger charge is 2.20. The summed E-state index contributed by atoms with van der Waals surface area (Å²) in [6.45, 7) is 4.07. The van der Waals surface area contributed by atoms with Crippen LogP contribution in [0.3, 0.4) is 0 Å². The molecule has 0 fully saturated rings. The van der Waals surface area contributed by atoms with Crippen molar-refractivity contribution in [2.24, 2.45) is 0 Å². The molecule has 1 amide bonds. The highest BCUT2D eigenvalue weighted by molar-refractivity contribution is 9.10. The van der Waals surface area contributed by atoms with E-state index in [1.54, 1.807) is 7.05 Å². The van der Waals surface area contributed by atoms with Gasteiger partial charge in [-0.25, -0.2) is 0 Å². The quantitative estimate of drug-likeness (QED) is 0.852. The zero-order chi connectivity index (χ0) is 12.8. The van der Waals surface area contributed by atoms with E-state index in [0.29, 0.717) is 6.04 Å². The Balaban J connectivity index is 2.71. The zero-order valence-electron chi connectivity index (χ0n) is 10.5. The molecule has 1 aromatic rings. The molecular formula is C13H20BrN2O+. The van der Waals surface area contributed by atoms with Crippen molar-refractivity contribution in [3.8, 4) is 0 Å². The monoisotopic (exact) mass is 299 g/mol. The van der Waals surface area contributed by atoms with Crippen LogP contribution in [0.5, 0.6) is 0 Å². The van der Waals surface area contributed by atoms with Gasteiger partial charge < -0.3 is 10.6 Å². The Bertz CT molecular complexity index is 364. The number of likely N-dealkylation sites (N-methyl/N-ethyl adjacent to an activating group) is 1. The minimum absolute atomic E-state index is 0.0615. The minimum atomic E-state index is -0.0615. The number of hydrogen-bond acceptors (Lipinski definition) is 1. The minimum Gasteiger partial charge on any atom is -0.354 e. The molecule has 0 aliphatic rings. The topological polar surface area (TPSA) is 45.7 Å². The second-order valence-electron chi connectivity index (χ2n) is 4.16. The summed E-state index contributed by atoms with van der Waals surface area (Å²) in [5.41, 5.74) is 1.26. The normalized spacial score (nSPS) is 14.1. The molecule has 0 aromatic heterocycles. The lowest BCUT2D eigenvalue weighted by atomic mass is 10.0. The molecule has 4 heteroatoms. The molecule has 94 valence electrons. The standard InChI is InChI=1S/C13H19BrN2O/c1-4-12(16-9(2)13(17)15-3)10-5-7-11(14)8-6-10/h5-9,12,16H,4H2,1-3H3,(H,15,17)/p+1/t9-,12+/m0/s1. The van der Waals surface area contributed by atoms with Crippen LogP contribution in [0.25, 0.3) is 0 Å². The van der Waals surface area contributed by atoms with Crippen LogP contribution in [0.4, 0.5) is 0 Å². The average molecular weight is 300 g/mol. The van der Waals surface area contributed by atoms with Crippen molar-refractivity contribution >= 4 is 21.8 Å². The highest BCUT2D eigenvalue weighted by atomic mass is 79.9. The van der Waals surface area contributed by atoms with Crippen LogP contribution in [-0.2, 0) is 4.79 Å². The van der Waals surface area contributed by atoms with Crippen molar-refractivity contribution in [3.05, 3.63) is 34.3 Å². The second-order valence-corrected chi connectivity index (χ2v) is 5.08. The van der Waals surface area contributed by atoms with Crippen LogP contribution in [0.2, 0.25) is 0 Å². The molecule has 2 atom stereocenters. The zero-order valence-corrected chi connectivity index (χ0v) is 12.1. The molecule has 1 rings (SSSR count). The smallest absolute Gasteiger partial charge is 0.277 e. The molecular weight excluding hydrogens is 280 g/mol. The maximum Gasteiger partial charge on any atom is 0.277 e. The van der Waals surface area contributed by atoms with Crippen molar-refractivity contribution in [2.75, 3.05) is 7.05 Å². The van der Waals surface area contributed by atoms with Crippen LogP contribution in [0.15, 0.2) is 28.7 Å². The fraction of sp³-hybridized carbons (Fsp3) is 0.462. The highest BCUT2D eigenvalue weighted by Crippen LogP contribution is 2.16. The van der Waals surface area contributed by atoms with Crippen LogP contribution in [0, 0.1) is 0 Å². The molecule has 0 saturated heterocycles. The maximum absolute atomic E-state index is 11.5. The summed E-state index contributed by atoms with van der Waals surface area (Å²) in [6.07, 6.45) is 1.00. The van der Waals surface area contributed by atoms with Crippen LogP contribution in [0.1, 0.15) is 31.9 Å². The molecule has 1 aromatic carbocycles. The second kappa shape index (κ2) is 6.77.